The van der Waals surface area contributed by atoms with Gasteiger partial charge in [0, 0.05) is 38.4 Å². The second kappa shape index (κ2) is 10.5. The van der Waals surface area contributed by atoms with Crippen LogP contribution in [-0.2, 0) is 11.3 Å². The zero-order valence-corrected chi connectivity index (χ0v) is 17.2. The zero-order valence-electron chi connectivity index (χ0n) is 16.4. The van der Waals surface area contributed by atoms with E-state index in [9.17, 15) is 4.39 Å². The van der Waals surface area contributed by atoms with Gasteiger partial charge in [-0.05, 0) is 55.4 Å². The fourth-order valence-electron chi connectivity index (χ4n) is 3.33. The third kappa shape index (κ3) is 6.55. The van der Waals surface area contributed by atoms with E-state index in [0.29, 0.717) is 5.11 Å². The van der Waals surface area contributed by atoms with Crippen LogP contribution in [-0.4, -0.2) is 54.3 Å². The molecule has 1 aliphatic rings. The lowest BCUT2D eigenvalue weighted by molar-refractivity contribution is 0.0368. The second-order valence-electron chi connectivity index (χ2n) is 7.16. The smallest absolute Gasteiger partial charge is 0.173 e. The Morgan fingerprint density at radius 1 is 1.18 bits per heavy atom. The monoisotopic (exact) mass is 401 g/mol. The van der Waals surface area contributed by atoms with Crippen LogP contribution in [0.2, 0.25) is 0 Å². The molecule has 1 heterocycles. The minimum atomic E-state index is -0.251. The predicted octanol–water partition coefficient (Wildman–Crippen LogP) is 4.06. The summed E-state index contributed by atoms with van der Waals surface area (Å²) in [5, 5.41) is 3.91. The molecule has 28 heavy (non-hydrogen) atoms. The van der Waals surface area contributed by atoms with Gasteiger partial charge in [0.1, 0.15) is 5.82 Å². The number of halogens is 1. The summed E-state index contributed by atoms with van der Waals surface area (Å²) in [7, 11) is 0. The molecule has 0 saturated carbocycles. The molecule has 0 radical (unpaired) electrons. The summed E-state index contributed by atoms with van der Waals surface area (Å²) in [5.74, 6) is -0.251. The van der Waals surface area contributed by atoms with Crippen LogP contribution in [0.5, 0.6) is 0 Å². The van der Waals surface area contributed by atoms with Crippen molar-refractivity contribution in [3.63, 3.8) is 0 Å². The molecule has 0 aromatic heterocycles. The van der Waals surface area contributed by atoms with Crippen LogP contribution in [0.4, 0.5) is 10.1 Å². The molecule has 2 aromatic carbocycles. The molecule has 0 aliphatic carbocycles. The summed E-state index contributed by atoms with van der Waals surface area (Å²) >= 11 is 5.68. The molecule has 1 saturated heterocycles. The molecule has 2 aromatic rings. The van der Waals surface area contributed by atoms with Crippen molar-refractivity contribution in [3.05, 3.63) is 65.5 Å². The topological polar surface area (TPSA) is 27.7 Å². The van der Waals surface area contributed by atoms with Crippen LogP contribution >= 0.6 is 12.2 Å². The van der Waals surface area contributed by atoms with Gasteiger partial charge in [0.15, 0.2) is 5.11 Å². The number of thiocarbonyl (C=S) groups is 1. The molecule has 0 amide bonds. The van der Waals surface area contributed by atoms with Crippen molar-refractivity contribution in [3.8, 4) is 0 Å². The van der Waals surface area contributed by atoms with E-state index in [1.54, 1.807) is 12.1 Å². The van der Waals surface area contributed by atoms with E-state index in [4.69, 9.17) is 17.0 Å². The lowest BCUT2D eigenvalue weighted by atomic mass is 10.1. The lowest BCUT2D eigenvalue weighted by Gasteiger charge is -2.29. The highest BCUT2D eigenvalue weighted by Crippen LogP contribution is 2.13. The number of anilines is 1. The van der Waals surface area contributed by atoms with Crippen LogP contribution < -0.4 is 5.32 Å². The Kier molecular flexibility index (Phi) is 7.77. The van der Waals surface area contributed by atoms with Crippen molar-refractivity contribution in [2.45, 2.75) is 19.9 Å². The van der Waals surface area contributed by atoms with Gasteiger partial charge in [0.05, 0.1) is 13.2 Å². The minimum absolute atomic E-state index is 0.251. The lowest BCUT2D eigenvalue weighted by Crippen LogP contribution is -2.40. The Hall–Kier alpha value is -2.02. The quantitative estimate of drug-likeness (QED) is 0.707. The molecule has 1 fully saturated rings. The summed E-state index contributed by atoms with van der Waals surface area (Å²) < 4.78 is 18.6. The molecule has 0 atom stereocenters. The van der Waals surface area contributed by atoms with E-state index in [1.165, 1.54) is 23.3 Å². The van der Waals surface area contributed by atoms with E-state index in [1.807, 2.05) is 0 Å². The molecular weight excluding hydrogens is 373 g/mol. The largest absolute Gasteiger partial charge is 0.379 e. The summed E-state index contributed by atoms with van der Waals surface area (Å²) in [6, 6.07) is 14.8. The Balaban J connectivity index is 1.62. The molecule has 150 valence electrons. The third-order valence-electron chi connectivity index (χ3n) is 4.84. The van der Waals surface area contributed by atoms with Gasteiger partial charge < -0.3 is 15.0 Å². The number of nitrogens with zero attached hydrogens (tertiary/aromatic N) is 2. The average molecular weight is 402 g/mol. The van der Waals surface area contributed by atoms with Gasteiger partial charge >= 0.3 is 0 Å². The average Bonchev–Trinajstić information content (AvgIpc) is 2.70. The maximum atomic E-state index is 13.2. The fourth-order valence-corrected chi connectivity index (χ4v) is 3.60. The van der Waals surface area contributed by atoms with E-state index < -0.39 is 0 Å². The van der Waals surface area contributed by atoms with Crippen LogP contribution in [0, 0.1) is 12.7 Å². The maximum Gasteiger partial charge on any atom is 0.173 e. The Labute approximate surface area is 172 Å². The molecule has 0 bridgehead atoms. The van der Waals surface area contributed by atoms with Gasteiger partial charge in [-0.15, -0.1) is 0 Å². The van der Waals surface area contributed by atoms with E-state index >= 15 is 0 Å². The zero-order chi connectivity index (χ0) is 19.8. The van der Waals surface area contributed by atoms with Gasteiger partial charge in [-0.1, -0.05) is 29.8 Å². The van der Waals surface area contributed by atoms with Gasteiger partial charge in [-0.25, -0.2) is 4.39 Å². The summed E-state index contributed by atoms with van der Waals surface area (Å²) in [4.78, 5) is 4.62. The van der Waals surface area contributed by atoms with Crippen molar-refractivity contribution in [1.82, 2.24) is 9.80 Å². The Morgan fingerprint density at radius 3 is 2.64 bits per heavy atom. The first-order chi connectivity index (χ1) is 13.6. The molecule has 1 N–H and O–H groups in total. The van der Waals surface area contributed by atoms with Crippen molar-refractivity contribution in [2.75, 3.05) is 44.7 Å². The number of benzene rings is 2. The van der Waals surface area contributed by atoms with Crippen molar-refractivity contribution in [2.24, 2.45) is 0 Å². The minimum Gasteiger partial charge on any atom is -0.379 e. The van der Waals surface area contributed by atoms with Gasteiger partial charge in [-0.2, -0.15) is 0 Å². The van der Waals surface area contributed by atoms with Crippen LogP contribution in [0.15, 0.2) is 48.5 Å². The number of ether oxygens (including phenoxy) is 1. The number of hydrogen-bond donors (Lipinski definition) is 1. The maximum absolute atomic E-state index is 13.2. The van der Waals surface area contributed by atoms with Gasteiger partial charge in [0.2, 0.25) is 0 Å². The third-order valence-corrected chi connectivity index (χ3v) is 5.20. The van der Waals surface area contributed by atoms with Gasteiger partial charge in [0.25, 0.3) is 0 Å². The first kappa shape index (κ1) is 20.7. The molecule has 6 heteroatoms. The SMILES string of the molecule is Cc1cccc(CN(CCCN2CCOCC2)C(=S)Nc2ccc(F)cc2)c1. The molecular formula is C22H28FN3OS. The molecule has 0 spiro atoms. The van der Waals surface area contributed by atoms with Gasteiger partial charge in [-0.3, -0.25) is 4.90 Å². The molecule has 1 aliphatic heterocycles. The van der Waals surface area contributed by atoms with Crippen LogP contribution in [0.25, 0.3) is 0 Å². The Bertz CT molecular complexity index is 763. The number of hydrogen-bond acceptors (Lipinski definition) is 3. The molecule has 4 nitrogen and oxygen atoms in total. The summed E-state index contributed by atoms with van der Waals surface area (Å²) in [5.41, 5.74) is 3.27. The second-order valence-corrected chi connectivity index (χ2v) is 7.54. The first-order valence-corrected chi connectivity index (χ1v) is 10.2. The highest BCUT2D eigenvalue weighted by atomic mass is 32.1. The first-order valence-electron chi connectivity index (χ1n) is 9.77. The molecule has 0 unspecified atom stereocenters. The molecule has 3 rings (SSSR count). The highest BCUT2D eigenvalue weighted by Gasteiger charge is 2.14. The number of nitrogens with one attached hydrogen (secondary N) is 1. The van der Waals surface area contributed by atoms with Crippen LogP contribution in [0.1, 0.15) is 17.5 Å². The predicted molar refractivity (Wildman–Crippen MR) is 116 cm³/mol. The number of rotatable bonds is 7. The van der Waals surface area contributed by atoms with E-state index in [0.717, 1.165) is 58.0 Å². The Morgan fingerprint density at radius 2 is 1.93 bits per heavy atom. The standard InChI is InChI=1S/C22H28FN3OS/c1-18-4-2-5-19(16-18)17-26(11-3-10-25-12-14-27-15-13-25)22(28)24-21-8-6-20(23)7-9-21/h2,4-9,16H,3,10-15,17H2,1H3,(H,24,28). The number of aryl methyl sites for hydroxylation is 1. The highest BCUT2D eigenvalue weighted by molar-refractivity contribution is 7.80. The summed E-state index contributed by atoms with van der Waals surface area (Å²) in [6.07, 6.45) is 1.02. The van der Waals surface area contributed by atoms with Crippen LogP contribution in [0.3, 0.4) is 0 Å². The fraction of sp³-hybridized carbons (Fsp3) is 0.409. The van der Waals surface area contributed by atoms with Crippen molar-refractivity contribution >= 4 is 23.0 Å². The van der Waals surface area contributed by atoms with E-state index in [2.05, 4.69) is 46.3 Å². The van der Waals surface area contributed by atoms with Crippen molar-refractivity contribution in [1.29, 1.82) is 0 Å². The number of morpholine rings is 1. The van der Waals surface area contributed by atoms with E-state index in [-0.39, 0.29) is 5.82 Å². The summed E-state index contributed by atoms with van der Waals surface area (Å²) in [6.45, 7) is 8.37. The van der Waals surface area contributed by atoms with Crippen molar-refractivity contribution < 1.29 is 9.13 Å². The normalized spacial score (nSPS) is 14.6.